The van der Waals surface area contributed by atoms with Gasteiger partial charge in [0.05, 0.1) is 0 Å². The van der Waals surface area contributed by atoms with Gasteiger partial charge in [-0.25, -0.2) is 4.79 Å². The molecule has 2 heterocycles. The maximum Gasteiger partial charge on any atom is 0.317 e. The minimum Gasteiger partial charge on any atom is -0.481 e. The number of carboxylic acids is 1. The van der Waals surface area contributed by atoms with Crippen LogP contribution >= 0.6 is 0 Å². The molecule has 0 bridgehead atoms. The molecule has 0 aliphatic carbocycles. The Balaban J connectivity index is 1.59. The molecule has 1 aliphatic rings. The first kappa shape index (κ1) is 15.3. The Kier molecular flexibility index (Phi) is 5.59. The molecular weight excluding hydrogens is 272 g/mol. The molecule has 21 heavy (non-hydrogen) atoms. The molecule has 1 aromatic heterocycles. The van der Waals surface area contributed by atoms with E-state index in [-0.39, 0.29) is 12.5 Å². The molecule has 0 saturated carbocycles. The summed E-state index contributed by atoms with van der Waals surface area (Å²) in [6, 6.07) is 1.83. The van der Waals surface area contributed by atoms with Crippen LogP contribution in [0.5, 0.6) is 0 Å². The predicted molar refractivity (Wildman–Crippen MR) is 76.8 cm³/mol. The fourth-order valence-corrected chi connectivity index (χ4v) is 2.56. The molecule has 7 nitrogen and oxygen atoms in total. The average Bonchev–Trinajstić information content (AvgIpc) is 3.12. The van der Waals surface area contributed by atoms with Crippen LogP contribution in [-0.2, 0) is 11.3 Å². The molecule has 1 aliphatic heterocycles. The Morgan fingerprint density at radius 3 is 3.00 bits per heavy atom. The number of amides is 2. The van der Waals surface area contributed by atoms with Gasteiger partial charge in [0.1, 0.15) is 0 Å². The Hall–Kier alpha value is -2.05. The molecule has 116 valence electrons. The van der Waals surface area contributed by atoms with Crippen molar-refractivity contribution >= 4 is 12.0 Å². The third-order valence-electron chi connectivity index (χ3n) is 3.74. The minimum absolute atomic E-state index is 0.0479. The highest BCUT2D eigenvalue weighted by atomic mass is 16.4. The maximum atomic E-state index is 12.0. The summed E-state index contributed by atoms with van der Waals surface area (Å²) < 4.78 is 1.84. The van der Waals surface area contributed by atoms with Gasteiger partial charge in [-0.15, -0.1) is 0 Å². The van der Waals surface area contributed by atoms with E-state index in [4.69, 9.17) is 5.11 Å². The highest BCUT2D eigenvalue weighted by Crippen LogP contribution is 2.20. The summed E-state index contributed by atoms with van der Waals surface area (Å²) in [5, 5.41) is 15.7. The summed E-state index contributed by atoms with van der Waals surface area (Å²) in [5.41, 5.74) is 0. The first-order valence-electron chi connectivity index (χ1n) is 7.37. The predicted octanol–water partition coefficient (Wildman–Crippen LogP) is 1.17. The molecule has 1 aromatic rings. The Labute approximate surface area is 123 Å². The van der Waals surface area contributed by atoms with Crippen molar-refractivity contribution in [3.63, 3.8) is 0 Å². The lowest BCUT2D eigenvalue weighted by atomic mass is 10.0. The van der Waals surface area contributed by atoms with Crippen LogP contribution in [0.1, 0.15) is 25.7 Å². The summed E-state index contributed by atoms with van der Waals surface area (Å²) in [5.74, 6) is -0.451. The molecule has 1 unspecified atom stereocenters. The highest BCUT2D eigenvalue weighted by Gasteiger charge is 2.26. The molecule has 2 N–H and O–H groups in total. The number of nitrogens with one attached hydrogen (secondary N) is 1. The number of hydrogen-bond acceptors (Lipinski definition) is 3. The molecule has 1 fully saturated rings. The summed E-state index contributed by atoms with van der Waals surface area (Å²) in [6.45, 7) is 2.79. The number of urea groups is 1. The summed E-state index contributed by atoms with van der Waals surface area (Å²) in [4.78, 5) is 24.3. The molecular formula is C14H22N4O3. The van der Waals surface area contributed by atoms with Crippen molar-refractivity contribution in [1.29, 1.82) is 0 Å². The van der Waals surface area contributed by atoms with Gasteiger partial charge in [0.25, 0.3) is 0 Å². The van der Waals surface area contributed by atoms with Gasteiger partial charge in [-0.05, 0) is 31.2 Å². The first-order chi connectivity index (χ1) is 10.1. The van der Waals surface area contributed by atoms with Crippen LogP contribution in [0.25, 0.3) is 0 Å². The highest BCUT2D eigenvalue weighted by molar-refractivity contribution is 5.74. The normalized spacial score (nSPS) is 17.9. The number of carbonyl (C=O) groups excluding carboxylic acids is 1. The number of rotatable bonds is 7. The molecule has 0 aromatic carbocycles. The maximum absolute atomic E-state index is 12.0. The van der Waals surface area contributed by atoms with Crippen LogP contribution in [0.3, 0.4) is 0 Å². The zero-order valence-electron chi connectivity index (χ0n) is 12.1. The number of aryl methyl sites for hydroxylation is 1. The second kappa shape index (κ2) is 7.66. The standard InChI is InChI=1S/C14H22N4O3/c19-13(20)4-3-12-5-10-17(11-12)14(21)15-6-1-8-18-9-2-7-16-18/h2,7,9,12H,1,3-6,8,10-11H2,(H,15,21)(H,19,20). The van der Waals surface area contributed by atoms with Gasteiger partial charge in [-0.1, -0.05) is 0 Å². The van der Waals surface area contributed by atoms with Crippen LogP contribution in [0.15, 0.2) is 18.5 Å². The molecule has 1 saturated heterocycles. The fourth-order valence-electron chi connectivity index (χ4n) is 2.56. The number of aromatic nitrogens is 2. The van der Waals surface area contributed by atoms with Gasteiger partial charge >= 0.3 is 12.0 Å². The lowest BCUT2D eigenvalue weighted by Gasteiger charge is -2.17. The molecule has 2 rings (SSSR count). The Bertz CT molecular complexity index is 461. The van der Waals surface area contributed by atoms with Crippen LogP contribution in [0.4, 0.5) is 4.79 Å². The number of carbonyl (C=O) groups is 2. The lowest BCUT2D eigenvalue weighted by molar-refractivity contribution is -0.137. The van der Waals surface area contributed by atoms with E-state index in [9.17, 15) is 9.59 Å². The third kappa shape index (κ3) is 5.09. The quantitative estimate of drug-likeness (QED) is 0.739. The van der Waals surface area contributed by atoms with Crippen LogP contribution < -0.4 is 5.32 Å². The van der Waals surface area contributed by atoms with Crippen LogP contribution in [0.2, 0.25) is 0 Å². The van der Waals surface area contributed by atoms with E-state index in [0.29, 0.717) is 25.4 Å². The number of nitrogens with zero attached hydrogens (tertiary/aromatic N) is 3. The third-order valence-corrected chi connectivity index (χ3v) is 3.74. The molecule has 1 atom stereocenters. The van der Waals surface area contributed by atoms with Crippen molar-refractivity contribution in [3.8, 4) is 0 Å². The van der Waals surface area contributed by atoms with E-state index >= 15 is 0 Å². The molecule has 0 radical (unpaired) electrons. The molecule has 0 spiro atoms. The van der Waals surface area contributed by atoms with Crippen molar-refractivity contribution in [1.82, 2.24) is 20.0 Å². The van der Waals surface area contributed by atoms with Gasteiger partial charge in [0, 0.05) is 45.0 Å². The van der Waals surface area contributed by atoms with Crippen molar-refractivity contribution in [2.45, 2.75) is 32.2 Å². The average molecular weight is 294 g/mol. The fraction of sp³-hybridized carbons (Fsp3) is 0.643. The van der Waals surface area contributed by atoms with E-state index in [1.807, 2.05) is 16.9 Å². The van der Waals surface area contributed by atoms with Gasteiger partial charge in [0.15, 0.2) is 0 Å². The number of aliphatic carboxylic acids is 1. The smallest absolute Gasteiger partial charge is 0.317 e. The lowest BCUT2D eigenvalue weighted by Crippen LogP contribution is -2.39. The van der Waals surface area contributed by atoms with E-state index in [2.05, 4.69) is 10.4 Å². The van der Waals surface area contributed by atoms with Crippen molar-refractivity contribution < 1.29 is 14.7 Å². The van der Waals surface area contributed by atoms with Gasteiger partial charge in [0.2, 0.25) is 0 Å². The number of hydrogen-bond donors (Lipinski definition) is 2. The topological polar surface area (TPSA) is 87.5 Å². The van der Waals surface area contributed by atoms with Crippen LogP contribution in [0, 0.1) is 5.92 Å². The summed E-state index contributed by atoms with van der Waals surface area (Å²) >= 11 is 0. The van der Waals surface area contributed by atoms with Crippen molar-refractivity contribution in [2.75, 3.05) is 19.6 Å². The SMILES string of the molecule is O=C(O)CCC1CCN(C(=O)NCCCn2cccn2)C1. The van der Waals surface area contributed by atoms with Crippen LogP contribution in [-0.4, -0.2) is 51.4 Å². The zero-order valence-corrected chi connectivity index (χ0v) is 12.1. The van der Waals surface area contributed by atoms with Gasteiger partial charge in [-0.3, -0.25) is 9.48 Å². The van der Waals surface area contributed by atoms with Crippen molar-refractivity contribution in [3.05, 3.63) is 18.5 Å². The zero-order chi connectivity index (χ0) is 15.1. The van der Waals surface area contributed by atoms with E-state index < -0.39 is 5.97 Å². The monoisotopic (exact) mass is 294 g/mol. The Morgan fingerprint density at radius 1 is 1.43 bits per heavy atom. The van der Waals surface area contributed by atoms with E-state index in [0.717, 1.165) is 25.9 Å². The summed E-state index contributed by atoms with van der Waals surface area (Å²) in [7, 11) is 0. The van der Waals surface area contributed by atoms with Crippen molar-refractivity contribution in [2.24, 2.45) is 5.92 Å². The summed E-state index contributed by atoms with van der Waals surface area (Å²) in [6.07, 6.45) is 6.20. The minimum atomic E-state index is -0.767. The molecule has 2 amide bonds. The first-order valence-corrected chi connectivity index (χ1v) is 7.37. The second-order valence-corrected chi connectivity index (χ2v) is 5.39. The second-order valence-electron chi connectivity index (χ2n) is 5.39. The largest absolute Gasteiger partial charge is 0.481 e. The number of carboxylic acid groups (broad SMARTS) is 1. The van der Waals surface area contributed by atoms with Gasteiger partial charge in [-0.2, -0.15) is 5.10 Å². The van der Waals surface area contributed by atoms with E-state index in [1.54, 1.807) is 11.1 Å². The van der Waals surface area contributed by atoms with Gasteiger partial charge < -0.3 is 15.3 Å². The Morgan fingerprint density at radius 2 is 2.29 bits per heavy atom. The van der Waals surface area contributed by atoms with E-state index in [1.165, 1.54) is 0 Å². The number of likely N-dealkylation sites (tertiary alicyclic amines) is 1. The molecule has 7 heteroatoms.